The number of carbonyl (C=O) groups is 2. The number of amides is 2. The molecule has 7 nitrogen and oxygen atoms in total. The van der Waals surface area contributed by atoms with Gasteiger partial charge in [0, 0.05) is 43.3 Å². The second kappa shape index (κ2) is 11.2. The molecule has 0 spiro atoms. The molecule has 9 heteroatoms. The van der Waals surface area contributed by atoms with E-state index in [0.717, 1.165) is 18.5 Å². The van der Waals surface area contributed by atoms with Crippen molar-refractivity contribution < 1.29 is 18.4 Å². The van der Waals surface area contributed by atoms with E-state index in [1.54, 1.807) is 17.0 Å². The molecular formula is C27H29F2N5O2. The summed E-state index contributed by atoms with van der Waals surface area (Å²) < 4.78 is 26.4. The zero-order valence-corrected chi connectivity index (χ0v) is 20.4. The first-order valence-electron chi connectivity index (χ1n) is 12.0. The first-order chi connectivity index (χ1) is 17.3. The third-order valence-corrected chi connectivity index (χ3v) is 6.24. The minimum atomic E-state index is -0.414. The number of hydrogen-bond donors (Lipinski definition) is 0. The molecule has 0 radical (unpaired) electrons. The van der Waals surface area contributed by atoms with Gasteiger partial charge >= 0.3 is 0 Å². The number of halogens is 2. The molecule has 0 bridgehead atoms. The summed E-state index contributed by atoms with van der Waals surface area (Å²) in [6.07, 6.45) is 0.751. The number of hydrogen-bond acceptors (Lipinski definition) is 5. The minimum absolute atomic E-state index is 0.0416. The third kappa shape index (κ3) is 6.02. The fourth-order valence-electron chi connectivity index (χ4n) is 4.16. The molecule has 4 rings (SSSR count). The van der Waals surface area contributed by atoms with Gasteiger partial charge in [-0.3, -0.25) is 9.59 Å². The number of aromatic nitrogens is 2. The van der Waals surface area contributed by atoms with Crippen molar-refractivity contribution in [3.05, 3.63) is 77.9 Å². The van der Waals surface area contributed by atoms with Crippen LogP contribution in [0.15, 0.2) is 60.7 Å². The van der Waals surface area contributed by atoms with Crippen LogP contribution in [0.2, 0.25) is 0 Å². The lowest BCUT2D eigenvalue weighted by atomic mass is 10.1. The van der Waals surface area contributed by atoms with Crippen LogP contribution in [0.3, 0.4) is 0 Å². The van der Waals surface area contributed by atoms with Gasteiger partial charge in [-0.2, -0.15) is 0 Å². The predicted molar refractivity (Wildman–Crippen MR) is 133 cm³/mol. The molecule has 2 heterocycles. The van der Waals surface area contributed by atoms with Crippen LogP contribution in [-0.4, -0.2) is 70.6 Å². The highest BCUT2D eigenvalue weighted by Crippen LogP contribution is 2.20. The fourth-order valence-corrected chi connectivity index (χ4v) is 4.16. The summed E-state index contributed by atoms with van der Waals surface area (Å²) >= 11 is 0. The molecule has 0 saturated carbocycles. The first-order valence-corrected chi connectivity index (χ1v) is 12.0. The lowest BCUT2D eigenvalue weighted by molar-refractivity contribution is -0.132. The van der Waals surface area contributed by atoms with Gasteiger partial charge in [0.15, 0.2) is 5.82 Å². The summed E-state index contributed by atoms with van der Waals surface area (Å²) in [5.74, 6) is -0.429. The van der Waals surface area contributed by atoms with Crippen LogP contribution < -0.4 is 4.90 Å². The van der Waals surface area contributed by atoms with Crippen LogP contribution in [0.4, 0.5) is 14.6 Å². The van der Waals surface area contributed by atoms with E-state index in [-0.39, 0.29) is 30.2 Å². The molecule has 1 aromatic heterocycles. The Morgan fingerprint density at radius 2 is 1.53 bits per heavy atom. The van der Waals surface area contributed by atoms with E-state index >= 15 is 0 Å². The van der Waals surface area contributed by atoms with Crippen molar-refractivity contribution in [2.24, 2.45) is 0 Å². The topological polar surface area (TPSA) is 69.6 Å². The zero-order chi connectivity index (χ0) is 25.7. The molecule has 1 saturated heterocycles. The van der Waals surface area contributed by atoms with Gasteiger partial charge in [-0.1, -0.05) is 0 Å². The predicted octanol–water partition coefficient (Wildman–Crippen LogP) is 4.01. The summed E-state index contributed by atoms with van der Waals surface area (Å²) in [4.78, 5) is 31.4. The van der Waals surface area contributed by atoms with Gasteiger partial charge in [0.2, 0.25) is 5.91 Å². The Morgan fingerprint density at radius 3 is 2.14 bits per heavy atom. The smallest absolute Gasteiger partial charge is 0.254 e. The van der Waals surface area contributed by atoms with Crippen LogP contribution >= 0.6 is 0 Å². The van der Waals surface area contributed by atoms with Gasteiger partial charge in [0.25, 0.3) is 5.91 Å². The summed E-state index contributed by atoms with van der Waals surface area (Å²) in [6.45, 7) is 6.05. The van der Waals surface area contributed by atoms with Crippen molar-refractivity contribution in [2.45, 2.75) is 26.3 Å². The molecular weight excluding hydrogens is 464 g/mol. The molecule has 2 aromatic carbocycles. The van der Waals surface area contributed by atoms with Gasteiger partial charge in [-0.25, -0.2) is 8.78 Å². The molecule has 0 unspecified atom stereocenters. The zero-order valence-electron chi connectivity index (χ0n) is 20.4. The standard InChI is InChI=1S/C27H29F2N5O2/c1-19(2)34(27(36)21-6-10-23(29)11-7-21)18-26(35)33-15-3-14-32(16-17-33)25-13-12-24(30-31-25)20-4-8-22(28)9-5-20/h4-13,19H,3,14-18H2,1-2H3. The molecule has 0 N–H and O–H groups in total. The number of carbonyl (C=O) groups excluding carboxylic acids is 2. The Hall–Kier alpha value is -3.88. The van der Waals surface area contributed by atoms with Gasteiger partial charge in [0.1, 0.15) is 18.2 Å². The average Bonchev–Trinajstić information content (AvgIpc) is 3.14. The van der Waals surface area contributed by atoms with Crippen molar-refractivity contribution >= 4 is 17.6 Å². The largest absolute Gasteiger partial charge is 0.353 e. The highest BCUT2D eigenvalue weighted by atomic mass is 19.1. The SMILES string of the molecule is CC(C)N(CC(=O)N1CCCN(c2ccc(-c3ccc(F)cc3)nn2)CC1)C(=O)c1ccc(F)cc1. The van der Waals surface area contributed by atoms with Crippen LogP contribution in [0.1, 0.15) is 30.6 Å². The summed E-state index contributed by atoms with van der Waals surface area (Å²) in [5, 5.41) is 8.64. The number of nitrogens with zero attached hydrogens (tertiary/aromatic N) is 5. The Balaban J connectivity index is 1.37. The molecule has 188 valence electrons. The quantitative estimate of drug-likeness (QED) is 0.519. The van der Waals surface area contributed by atoms with Gasteiger partial charge in [-0.15, -0.1) is 10.2 Å². The molecule has 1 aliphatic heterocycles. The maximum Gasteiger partial charge on any atom is 0.254 e. The lowest BCUT2D eigenvalue weighted by Crippen LogP contribution is -2.46. The maximum atomic E-state index is 13.3. The second-order valence-corrected chi connectivity index (χ2v) is 9.04. The van der Waals surface area contributed by atoms with Crippen molar-refractivity contribution in [1.29, 1.82) is 0 Å². The summed E-state index contributed by atoms with van der Waals surface area (Å²) in [5.41, 5.74) is 1.79. The Kier molecular flexibility index (Phi) is 7.87. The molecule has 1 aliphatic rings. The Bertz CT molecular complexity index is 1180. The number of rotatable bonds is 6. The molecule has 2 amide bonds. The van der Waals surface area contributed by atoms with Crippen LogP contribution in [0, 0.1) is 11.6 Å². The van der Waals surface area contributed by atoms with Crippen molar-refractivity contribution in [3.63, 3.8) is 0 Å². The van der Waals surface area contributed by atoms with Crippen molar-refractivity contribution in [1.82, 2.24) is 20.0 Å². The number of anilines is 1. The van der Waals surface area contributed by atoms with E-state index in [1.165, 1.54) is 41.3 Å². The Labute approximate surface area is 209 Å². The van der Waals surface area contributed by atoms with Gasteiger partial charge in [-0.05, 0) is 80.9 Å². The summed E-state index contributed by atoms with van der Waals surface area (Å²) in [6, 6.07) is 15.0. The minimum Gasteiger partial charge on any atom is -0.353 e. The Morgan fingerprint density at radius 1 is 0.861 bits per heavy atom. The first kappa shape index (κ1) is 25.2. The normalized spacial score (nSPS) is 14.0. The molecule has 36 heavy (non-hydrogen) atoms. The van der Waals surface area contributed by atoms with Crippen LogP contribution in [-0.2, 0) is 4.79 Å². The monoisotopic (exact) mass is 493 g/mol. The average molecular weight is 494 g/mol. The highest BCUT2D eigenvalue weighted by Gasteiger charge is 2.26. The van der Waals surface area contributed by atoms with E-state index in [9.17, 15) is 18.4 Å². The molecule has 1 fully saturated rings. The maximum absolute atomic E-state index is 13.3. The fraction of sp³-hybridized carbons (Fsp3) is 0.333. The van der Waals surface area contributed by atoms with E-state index in [2.05, 4.69) is 15.1 Å². The number of benzene rings is 2. The van der Waals surface area contributed by atoms with Crippen molar-refractivity contribution in [3.8, 4) is 11.3 Å². The second-order valence-electron chi connectivity index (χ2n) is 9.04. The highest BCUT2D eigenvalue weighted by molar-refractivity contribution is 5.96. The molecule has 3 aromatic rings. The van der Waals surface area contributed by atoms with E-state index < -0.39 is 5.82 Å². The van der Waals surface area contributed by atoms with Crippen LogP contribution in [0.5, 0.6) is 0 Å². The van der Waals surface area contributed by atoms with Crippen molar-refractivity contribution in [2.75, 3.05) is 37.6 Å². The van der Waals surface area contributed by atoms with Gasteiger partial charge in [0.05, 0.1) is 5.69 Å². The lowest BCUT2D eigenvalue weighted by Gasteiger charge is -2.29. The molecule has 0 aliphatic carbocycles. The van der Waals surface area contributed by atoms with E-state index in [0.29, 0.717) is 36.7 Å². The summed E-state index contributed by atoms with van der Waals surface area (Å²) in [7, 11) is 0. The third-order valence-electron chi connectivity index (χ3n) is 6.24. The van der Waals surface area contributed by atoms with Gasteiger partial charge < -0.3 is 14.7 Å². The molecule has 0 atom stereocenters. The van der Waals surface area contributed by atoms with E-state index in [1.807, 2.05) is 26.0 Å². The van der Waals surface area contributed by atoms with E-state index in [4.69, 9.17) is 0 Å². The van der Waals surface area contributed by atoms with Crippen LogP contribution in [0.25, 0.3) is 11.3 Å².